The molecular weight excluding hydrogens is 200 g/mol. The van der Waals surface area contributed by atoms with E-state index in [-0.39, 0.29) is 6.42 Å². The third kappa shape index (κ3) is 1.97. The molecule has 3 N–H and O–H groups in total. The number of nitrogens with zero attached hydrogens (tertiary/aromatic N) is 1. The summed E-state index contributed by atoms with van der Waals surface area (Å²) in [5.41, 5.74) is 6.74. The normalized spacial score (nSPS) is 13.6. The van der Waals surface area contributed by atoms with Crippen LogP contribution in [0, 0.1) is 0 Å². The fourth-order valence-corrected chi connectivity index (χ4v) is 1.49. The number of hydrogen-bond acceptors (Lipinski definition) is 2. The summed E-state index contributed by atoms with van der Waals surface area (Å²) in [5.74, 6) is 0. The van der Waals surface area contributed by atoms with Gasteiger partial charge in [-0.2, -0.15) is 5.10 Å². The molecule has 3 nitrogen and oxygen atoms in total. The van der Waals surface area contributed by atoms with Gasteiger partial charge >= 0.3 is 0 Å². The minimum Gasteiger partial charge on any atom is -0.323 e. The highest BCUT2D eigenvalue weighted by Gasteiger charge is 2.17. The Balaban J connectivity index is 2.29. The van der Waals surface area contributed by atoms with Gasteiger partial charge < -0.3 is 5.73 Å². The lowest BCUT2D eigenvalue weighted by Gasteiger charge is -2.08. The van der Waals surface area contributed by atoms with Crippen molar-refractivity contribution in [1.82, 2.24) is 10.2 Å². The Kier molecular flexibility index (Phi) is 2.64. The Labute approximate surface area is 85.3 Å². The Morgan fingerprint density at radius 1 is 1.33 bits per heavy atom. The predicted octanol–water partition coefficient (Wildman–Crippen LogP) is 1.70. The summed E-state index contributed by atoms with van der Waals surface area (Å²) in [4.78, 5) is 0. The second kappa shape index (κ2) is 3.94. The first-order chi connectivity index (χ1) is 7.18. The van der Waals surface area contributed by atoms with E-state index in [4.69, 9.17) is 5.73 Å². The average Bonchev–Trinajstić information content (AvgIpc) is 2.62. The molecule has 1 unspecified atom stereocenters. The molecule has 80 valence electrons. The highest BCUT2D eigenvalue weighted by molar-refractivity contribution is 5.81. The van der Waals surface area contributed by atoms with Crippen molar-refractivity contribution in [3.63, 3.8) is 0 Å². The number of aromatic amines is 1. The molecule has 5 heteroatoms. The fourth-order valence-electron chi connectivity index (χ4n) is 1.49. The van der Waals surface area contributed by atoms with E-state index >= 15 is 0 Å². The Bertz CT molecular complexity index is 453. The smallest absolute Gasteiger partial charge is 0.253 e. The quantitative estimate of drug-likeness (QED) is 0.811. The molecule has 1 heterocycles. The zero-order valence-corrected chi connectivity index (χ0v) is 7.95. The maximum atomic E-state index is 12.3. The molecule has 0 bridgehead atoms. The fraction of sp³-hybridized carbons (Fsp3) is 0.300. The van der Waals surface area contributed by atoms with Crippen LogP contribution >= 0.6 is 0 Å². The van der Waals surface area contributed by atoms with E-state index < -0.39 is 12.5 Å². The van der Waals surface area contributed by atoms with Gasteiger partial charge in [-0.25, -0.2) is 8.78 Å². The van der Waals surface area contributed by atoms with Gasteiger partial charge in [-0.15, -0.1) is 0 Å². The number of hydrogen-bond donors (Lipinski definition) is 2. The first-order valence-corrected chi connectivity index (χ1v) is 4.64. The summed E-state index contributed by atoms with van der Waals surface area (Å²) in [7, 11) is 0. The lowest BCUT2D eigenvalue weighted by molar-refractivity contribution is 0.115. The lowest BCUT2D eigenvalue weighted by Crippen LogP contribution is -2.31. The van der Waals surface area contributed by atoms with E-state index in [9.17, 15) is 8.78 Å². The molecule has 0 aliphatic heterocycles. The van der Waals surface area contributed by atoms with Crippen LogP contribution in [-0.2, 0) is 6.42 Å². The van der Waals surface area contributed by atoms with E-state index in [0.717, 1.165) is 10.9 Å². The molecule has 0 aliphatic rings. The van der Waals surface area contributed by atoms with Crippen LogP contribution in [0.4, 0.5) is 8.78 Å². The average molecular weight is 211 g/mol. The topological polar surface area (TPSA) is 54.7 Å². The highest BCUT2D eigenvalue weighted by atomic mass is 19.3. The van der Waals surface area contributed by atoms with Crippen LogP contribution in [0.15, 0.2) is 24.3 Å². The SMILES string of the molecule is NC(Cc1[nH]nc2ccccc12)C(F)F. The van der Waals surface area contributed by atoms with Crippen molar-refractivity contribution in [2.45, 2.75) is 18.9 Å². The number of alkyl halides is 2. The molecule has 2 aromatic rings. The molecule has 0 aliphatic carbocycles. The number of nitrogens with one attached hydrogen (secondary N) is 1. The molecular formula is C10H11F2N3. The summed E-state index contributed by atoms with van der Waals surface area (Å²) in [6, 6.07) is 6.21. The largest absolute Gasteiger partial charge is 0.323 e. The van der Waals surface area contributed by atoms with E-state index in [1.165, 1.54) is 0 Å². The molecule has 1 aromatic heterocycles. The number of halogens is 2. The highest BCUT2D eigenvalue weighted by Crippen LogP contribution is 2.17. The van der Waals surface area contributed by atoms with E-state index in [1.54, 1.807) is 0 Å². The minimum atomic E-state index is -2.51. The van der Waals surface area contributed by atoms with E-state index in [2.05, 4.69) is 10.2 Å². The summed E-state index contributed by atoms with van der Waals surface area (Å²) in [6.07, 6.45) is -2.40. The first-order valence-electron chi connectivity index (χ1n) is 4.64. The standard InChI is InChI=1S/C10H11F2N3/c11-10(12)7(13)5-9-6-3-1-2-4-8(6)14-15-9/h1-4,7,10H,5,13H2,(H,14,15). The number of nitrogens with two attached hydrogens (primary N) is 1. The monoisotopic (exact) mass is 211 g/mol. The molecule has 1 aromatic carbocycles. The second-order valence-corrected chi connectivity index (χ2v) is 3.42. The van der Waals surface area contributed by atoms with Crippen LogP contribution in [0.25, 0.3) is 10.9 Å². The van der Waals surface area contributed by atoms with Crippen molar-refractivity contribution >= 4 is 10.9 Å². The van der Waals surface area contributed by atoms with Gasteiger partial charge in [0.05, 0.1) is 11.6 Å². The third-order valence-corrected chi connectivity index (χ3v) is 2.30. The summed E-state index contributed by atoms with van der Waals surface area (Å²) in [5, 5.41) is 7.60. The van der Waals surface area contributed by atoms with Gasteiger partial charge in [-0.1, -0.05) is 18.2 Å². The van der Waals surface area contributed by atoms with Crippen molar-refractivity contribution in [2.24, 2.45) is 5.73 Å². The Hall–Kier alpha value is -1.49. The summed E-state index contributed by atoms with van der Waals surface area (Å²) >= 11 is 0. The lowest BCUT2D eigenvalue weighted by atomic mass is 10.1. The van der Waals surface area contributed by atoms with Crippen LogP contribution in [0.1, 0.15) is 5.69 Å². The van der Waals surface area contributed by atoms with Crippen LogP contribution in [-0.4, -0.2) is 22.7 Å². The van der Waals surface area contributed by atoms with Crippen LogP contribution in [0.5, 0.6) is 0 Å². The molecule has 15 heavy (non-hydrogen) atoms. The number of aromatic nitrogens is 2. The summed E-state index contributed by atoms with van der Waals surface area (Å²) < 4.78 is 24.5. The van der Waals surface area contributed by atoms with Gasteiger partial charge in [0, 0.05) is 17.5 Å². The van der Waals surface area contributed by atoms with E-state index in [0.29, 0.717) is 5.69 Å². The van der Waals surface area contributed by atoms with Crippen molar-refractivity contribution in [3.8, 4) is 0 Å². The number of para-hydroxylation sites is 1. The maximum Gasteiger partial charge on any atom is 0.253 e. The third-order valence-electron chi connectivity index (χ3n) is 2.30. The van der Waals surface area contributed by atoms with Crippen LogP contribution in [0.2, 0.25) is 0 Å². The van der Waals surface area contributed by atoms with E-state index in [1.807, 2.05) is 24.3 Å². The van der Waals surface area contributed by atoms with Crippen LogP contribution in [0.3, 0.4) is 0 Å². The van der Waals surface area contributed by atoms with Gasteiger partial charge in [0.25, 0.3) is 6.43 Å². The zero-order chi connectivity index (χ0) is 10.8. The number of rotatable bonds is 3. The Morgan fingerprint density at radius 2 is 2.07 bits per heavy atom. The number of H-pyrrole nitrogens is 1. The number of fused-ring (bicyclic) bond motifs is 1. The Morgan fingerprint density at radius 3 is 2.80 bits per heavy atom. The van der Waals surface area contributed by atoms with Crippen molar-refractivity contribution < 1.29 is 8.78 Å². The maximum absolute atomic E-state index is 12.3. The molecule has 1 atom stereocenters. The van der Waals surface area contributed by atoms with Gasteiger partial charge in [0.15, 0.2) is 0 Å². The number of benzene rings is 1. The minimum absolute atomic E-state index is 0.109. The molecule has 0 radical (unpaired) electrons. The molecule has 0 spiro atoms. The van der Waals surface area contributed by atoms with Gasteiger partial charge in [-0.3, -0.25) is 5.10 Å². The van der Waals surface area contributed by atoms with Gasteiger partial charge in [0.2, 0.25) is 0 Å². The van der Waals surface area contributed by atoms with Crippen molar-refractivity contribution in [2.75, 3.05) is 0 Å². The molecule has 0 amide bonds. The zero-order valence-electron chi connectivity index (χ0n) is 7.95. The summed E-state index contributed by atoms with van der Waals surface area (Å²) in [6.45, 7) is 0. The second-order valence-electron chi connectivity index (χ2n) is 3.42. The van der Waals surface area contributed by atoms with Crippen molar-refractivity contribution in [1.29, 1.82) is 0 Å². The first kappa shape index (κ1) is 10.0. The predicted molar refractivity (Wildman–Crippen MR) is 53.8 cm³/mol. The molecule has 0 fully saturated rings. The molecule has 0 saturated carbocycles. The van der Waals surface area contributed by atoms with Crippen molar-refractivity contribution in [3.05, 3.63) is 30.0 Å². The molecule has 2 rings (SSSR count). The van der Waals surface area contributed by atoms with Crippen LogP contribution < -0.4 is 5.73 Å². The van der Waals surface area contributed by atoms with Gasteiger partial charge in [-0.05, 0) is 6.07 Å². The molecule has 0 saturated heterocycles. The van der Waals surface area contributed by atoms with Gasteiger partial charge in [0.1, 0.15) is 0 Å².